The first kappa shape index (κ1) is 20.6. The van der Waals surface area contributed by atoms with Crippen molar-refractivity contribution >= 4 is 21.8 Å². The van der Waals surface area contributed by atoms with Gasteiger partial charge in [0.25, 0.3) is 11.8 Å². The van der Waals surface area contributed by atoms with Gasteiger partial charge in [0, 0.05) is 36.3 Å². The molecular formula is C21H25N3O5S. The second kappa shape index (κ2) is 8.23. The van der Waals surface area contributed by atoms with Crippen molar-refractivity contribution in [3.63, 3.8) is 0 Å². The number of sulfonamides is 1. The molecular weight excluding hydrogens is 406 g/mol. The highest BCUT2D eigenvalue weighted by Gasteiger charge is 2.29. The van der Waals surface area contributed by atoms with Crippen LogP contribution in [0.2, 0.25) is 0 Å². The summed E-state index contributed by atoms with van der Waals surface area (Å²) in [5.41, 5.74) is 1.13. The van der Waals surface area contributed by atoms with Crippen molar-refractivity contribution in [3.05, 3.63) is 53.5 Å². The number of aryl methyl sites for hydroxylation is 1. The summed E-state index contributed by atoms with van der Waals surface area (Å²) in [5, 5.41) is 2.96. The van der Waals surface area contributed by atoms with Gasteiger partial charge < -0.3 is 14.6 Å². The SMILES string of the molecule is Cc1ccoc1C(=O)NC1CCN(C(=O)c2cccc(S(=O)(=O)NC3CC3)c2)CC1. The van der Waals surface area contributed by atoms with Crippen molar-refractivity contribution in [2.24, 2.45) is 0 Å². The maximum absolute atomic E-state index is 12.9. The van der Waals surface area contributed by atoms with Crippen LogP contribution in [0.1, 0.15) is 52.2 Å². The lowest BCUT2D eigenvalue weighted by molar-refractivity contribution is 0.0695. The van der Waals surface area contributed by atoms with Crippen LogP contribution in [0.25, 0.3) is 0 Å². The molecule has 1 aromatic carbocycles. The van der Waals surface area contributed by atoms with Crippen molar-refractivity contribution < 1.29 is 22.4 Å². The largest absolute Gasteiger partial charge is 0.459 e. The van der Waals surface area contributed by atoms with Gasteiger partial charge in [0.1, 0.15) is 0 Å². The number of nitrogens with zero attached hydrogens (tertiary/aromatic N) is 1. The smallest absolute Gasteiger partial charge is 0.287 e. The summed E-state index contributed by atoms with van der Waals surface area (Å²) in [6.45, 7) is 2.78. The lowest BCUT2D eigenvalue weighted by Crippen LogP contribution is -2.46. The van der Waals surface area contributed by atoms with E-state index in [9.17, 15) is 18.0 Å². The van der Waals surface area contributed by atoms with Gasteiger partial charge in [-0.05, 0) is 56.9 Å². The quantitative estimate of drug-likeness (QED) is 0.728. The van der Waals surface area contributed by atoms with Crippen molar-refractivity contribution in [2.75, 3.05) is 13.1 Å². The summed E-state index contributed by atoms with van der Waals surface area (Å²) in [4.78, 5) is 27.0. The van der Waals surface area contributed by atoms with E-state index >= 15 is 0 Å². The second-order valence-electron chi connectivity index (χ2n) is 7.90. The fraction of sp³-hybridized carbons (Fsp3) is 0.429. The Labute approximate surface area is 175 Å². The fourth-order valence-electron chi connectivity index (χ4n) is 3.55. The molecule has 2 heterocycles. The molecule has 2 amide bonds. The number of rotatable bonds is 6. The molecule has 0 unspecified atom stereocenters. The van der Waals surface area contributed by atoms with Gasteiger partial charge in [-0.15, -0.1) is 0 Å². The molecule has 1 saturated carbocycles. The minimum Gasteiger partial charge on any atom is -0.459 e. The van der Waals surface area contributed by atoms with Gasteiger partial charge in [-0.2, -0.15) is 0 Å². The molecule has 160 valence electrons. The Morgan fingerprint density at radius 2 is 1.80 bits per heavy atom. The third-order valence-corrected chi connectivity index (χ3v) is 6.99. The monoisotopic (exact) mass is 431 g/mol. The Bertz CT molecular complexity index is 1050. The Kier molecular flexibility index (Phi) is 5.66. The molecule has 2 aliphatic rings. The topological polar surface area (TPSA) is 109 Å². The van der Waals surface area contributed by atoms with E-state index in [1.807, 2.05) is 6.92 Å². The summed E-state index contributed by atoms with van der Waals surface area (Å²) in [6.07, 6.45) is 4.43. The summed E-state index contributed by atoms with van der Waals surface area (Å²) in [6, 6.07) is 7.86. The van der Waals surface area contributed by atoms with E-state index in [-0.39, 0.29) is 28.8 Å². The van der Waals surface area contributed by atoms with Crippen LogP contribution in [0.15, 0.2) is 45.9 Å². The lowest BCUT2D eigenvalue weighted by atomic mass is 10.0. The number of carbonyl (C=O) groups excluding carboxylic acids is 2. The summed E-state index contributed by atoms with van der Waals surface area (Å²) in [7, 11) is -3.61. The number of amides is 2. The highest BCUT2D eigenvalue weighted by molar-refractivity contribution is 7.89. The van der Waals surface area contributed by atoms with E-state index in [2.05, 4.69) is 10.0 Å². The van der Waals surface area contributed by atoms with Crippen LogP contribution in [0.3, 0.4) is 0 Å². The molecule has 9 heteroatoms. The molecule has 2 fully saturated rings. The zero-order chi connectivity index (χ0) is 21.3. The van der Waals surface area contributed by atoms with Crippen molar-refractivity contribution in [2.45, 2.75) is 49.6 Å². The molecule has 2 N–H and O–H groups in total. The van der Waals surface area contributed by atoms with Crippen molar-refractivity contribution in [1.29, 1.82) is 0 Å². The number of nitrogens with one attached hydrogen (secondary N) is 2. The van der Waals surface area contributed by atoms with Crippen LogP contribution in [0, 0.1) is 6.92 Å². The first-order chi connectivity index (χ1) is 14.3. The van der Waals surface area contributed by atoms with E-state index in [1.54, 1.807) is 23.1 Å². The van der Waals surface area contributed by atoms with Crippen LogP contribution in [-0.2, 0) is 10.0 Å². The fourth-order valence-corrected chi connectivity index (χ4v) is 4.90. The summed E-state index contributed by atoms with van der Waals surface area (Å²) >= 11 is 0. The van der Waals surface area contributed by atoms with Crippen LogP contribution in [0.5, 0.6) is 0 Å². The minimum atomic E-state index is -3.61. The number of benzene rings is 1. The zero-order valence-corrected chi connectivity index (χ0v) is 17.6. The van der Waals surface area contributed by atoms with Crippen LogP contribution in [-0.4, -0.2) is 50.3 Å². The molecule has 8 nitrogen and oxygen atoms in total. The van der Waals surface area contributed by atoms with E-state index in [0.717, 1.165) is 18.4 Å². The second-order valence-corrected chi connectivity index (χ2v) is 9.61. The summed E-state index contributed by atoms with van der Waals surface area (Å²) < 4.78 is 32.7. The average molecular weight is 432 g/mol. The van der Waals surface area contributed by atoms with E-state index < -0.39 is 10.0 Å². The van der Waals surface area contributed by atoms with Gasteiger partial charge in [0.2, 0.25) is 10.0 Å². The number of hydrogen-bond donors (Lipinski definition) is 2. The molecule has 0 radical (unpaired) electrons. The van der Waals surface area contributed by atoms with Gasteiger partial charge >= 0.3 is 0 Å². The third-order valence-electron chi connectivity index (χ3n) is 5.48. The Morgan fingerprint density at radius 1 is 1.07 bits per heavy atom. The van der Waals surface area contributed by atoms with E-state index in [0.29, 0.717) is 37.3 Å². The highest BCUT2D eigenvalue weighted by atomic mass is 32.2. The van der Waals surface area contributed by atoms with E-state index in [4.69, 9.17) is 4.42 Å². The molecule has 0 bridgehead atoms. The van der Waals surface area contributed by atoms with Gasteiger partial charge in [-0.1, -0.05) is 6.07 Å². The lowest BCUT2D eigenvalue weighted by Gasteiger charge is -2.32. The third kappa shape index (κ3) is 4.57. The number of carbonyl (C=O) groups is 2. The minimum absolute atomic E-state index is 0.00793. The molecule has 0 spiro atoms. The van der Waals surface area contributed by atoms with Gasteiger partial charge in [0.05, 0.1) is 11.2 Å². The number of hydrogen-bond acceptors (Lipinski definition) is 5. The Balaban J connectivity index is 1.36. The Hall–Kier alpha value is -2.65. The van der Waals surface area contributed by atoms with Crippen LogP contribution < -0.4 is 10.0 Å². The maximum atomic E-state index is 12.9. The maximum Gasteiger partial charge on any atom is 0.287 e. The van der Waals surface area contributed by atoms with Crippen LogP contribution >= 0.6 is 0 Å². The first-order valence-electron chi connectivity index (χ1n) is 10.1. The molecule has 1 aliphatic carbocycles. The zero-order valence-electron chi connectivity index (χ0n) is 16.8. The number of piperidine rings is 1. The van der Waals surface area contributed by atoms with Gasteiger partial charge in [0.15, 0.2) is 5.76 Å². The standard InChI is InChI=1S/C21H25N3O5S/c1-14-9-12-29-19(14)20(25)22-16-7-10-24(11-8-16)21(26)15-3-2-4-18(13-15)30(27,28)23-17-5-6-17/h2-4,9,12-13,16-17,23H,5-8,10-11H2,1H3,(H,22,25). The molecule has 30 heavy (non-hydrogen) atoms. The molecule has 2 aromatic rings. The van der Waals surface area contributed by atoms with Crippen molar-refractivity contribution in [1.82, 2.24) is 14.9 Å². The highest BCUT2D eigenvalue weighted by Crippen LogP contribution is 2.23. The van der Waals surface area contributed by atoms with Gasteiger partial charge in [-0.3, -0.25) is 9.59 Å². The van der Waals surface area contributed by atoms with Crippen molar-refractivity contribution in [3.8, 4) is 0 Å². The Morgan fingerprint density at radius 3 is 2.43 bits per heavy atom. The normalized spacial score (nSPS) is 17.7. The molecule has 4 rings (SSSR count). The first-order valence-corrected chi connectivity index (χ1v) is 11.6. The number of likely N-dealkylation sites (tertiary alicyclic amines) is 1. The molecule has 1 aromatic heterocycles. The molecule has 0 atom stereocenters. The molecule has 1 saturated heterocycles. The average Bonchev–Trinajstić information content (AvgIpc) is 3.43. The predicted octanol–water partition coefficient (Wildman–Crippen LogP) is 2.06. The van der Waals surface area contributed by atoms with Gasteiger partial charge in [-0.25, -0.2) is 13.1 Å². The molecule has 1 aliphatic heterocycles. The number of furan rings is 1. The predicted molar refractivity (Wildman–Crippen MR) is 110 cm³/mol. The van der Waals surface area contributed by atoms with Crippen LogP contribution in [0.4, 0.5) is 0 Å². The van der Waals surface area contributed by atoms with E-state index in [1.165, 1.54) is 18.4 Å². The summed E-state index contributed by atoms with van der Waals surface area (Å²) in [5.74, 6) is -0.139.